The van der Waals surface area contributed by atoms with E-state index in [1.165, 1.54) is 55.6 Å². The molecule has 0 aliphatic carbocycles. The predicted octanol–water partition coefficient (Wildman–Crippen LogP) is 5.61. The van der Waals surface area contributed by atoms with Gasteiger partial charge in [0.1, 0.15) is 0 Å². The lowest BCUT2D eigenvalue weighted by Gasteiger charge is -2.23. The minimum Gasteiger partial charge on any atom is -0.211 e. The minimum atomic E-state index is 0.361. The fourth-order valence-corrected chi connectivity index (χ4v) is 4.51. The molecule has 2 rings (SSSR count). The summed E-state index contributed by atoms with van der Waals surface area (Å²) in [6, 6.07) is 0. The number of isocyanates is 2. The van der Waals surface area contributed by atoms with Gasteiger partial charge in [-0.15, -0.1) is 0 Å². The SMILES string of the molecule is Cc1c(C)c(C)c(CN=C=O)c(CCc2c(C)c(C)c(C)c(C)c2CN=C=O)c1C. The number of aliphatic imine (C=N–C) groups is 2. The lowest BCUT2D eigenvalue weighted by molar-refractivity contribution is 0.562. The van der Waals surface area contributed by atoms with E-state index in [1.807, 2.05) is 0 Å². The zero-order chi connectivity index (χ0) is 22.6. The Morgan fingerprint density at radius 1 is 0.467 bits per heavy atom. The predicted molar refractivity (Wildman–Crippen MR) is 122 cm³/mol. The summed E-state index contributed by atoms with van der Waals surface area (Å²) in [6.07, 6.45) is 5.06. The molecule has 2 aromatic carbocycles. The van der Waals surface area contributed by atoms with E-state index in [4.69, 9.17) is 0 Å². The van der Waals surface area contributed by atoms with Gasteiger partial charge in [0.25, 0.3) is 0 Å². The second-order valence-electron chi connectivity index (χ2n) is 8.23. The Balaban J connectivity index is 2.62. The monoisotopic (exact) mass is 404 g/mol. The van der Waals surface area contributed by atoms with Crippen molar-refractivity contribution in [3.8, 4) is 0 Å². The molecule has 0 bridgehead atoms. The van der Waals surface area contributed by atoms with Crippen molar-refractivity contribution in [1.29, 1.82) is 0 Å². The van der Waals surface area contributed by atoms with Crippen LogP contribution in [0.2, 0.25) is 0 Å². The van der Waals surface area contributed by atoms with Crippen LogP contribution in [0.1, 0.15) is 66.8 Å². The summed E-state index contributed by atoms with van der Waals surface area (Å²) in [5, 5.41) is 0. The molecule has 0 N–H and O–H groups in total. The van der Waals surface area contributed by atoms with Crippen molar-refractivity contribution in [2.75, 3.05) is 0 Å². The van der Waals surface area contributed by atoms with Gasteiger partial charge in [0, 0.05) is 0 Å². The van der Waals surface area contributed by atoms with Crippen LogP contribution in [0, 0.1) is 55.4 Å². The molecule has 4 heteroatoms. The third kappa shape index (κ3) is 4.36. The van der Waals surface area contributed by atoms with E-state index in [0.717, 1.165) is 24.0 Å². The Labute approximate surface area is 180 Å². The Morgan fingerprint density at radius 3 is 1.00 bits per heavy atom. The fourth-order valence-electron chi connectivity index (χ4n) is 4.51. The number of benzene rings is 2. The van der Waals surface area contributed by atoms with E-state index >= 15 is 0 Å². The molecule has 0 fully saturated rings. The number of nitrogens with zero attached hydrogens (tertiary/aromatic N) is 2. The van der Waals surface area contributed by atoms with E-state index < -0.39 is 0 Å². The number of hydrogen-bond acceptors (Lipinski definition) is 4. The highest BCUT2D eigenvalue weighted by molar-refractivity contribution is 5.53. The summed E-state index contributed by atoms with van der Waals surface area (Å²) in [6.45, 7) is 17.8. The molecule has 0 aliphatic heterocycles. The highest BCUT2D eigenvalue weighted by Gasteiger charge is 2.18. The molecular weight excluding hydrogens is 372 g/mol. The standard InChI is InChI=1S/C26H32N2O2/c1-15-17(3)21(7)25(11-27-13-29)23(19(15)5)9-10-24-20(6)16(2)18(4)22(8)26(24)12-28-14-30/h9-12H2,1-8H3. The van der Waals surface area contributed by atoms with E-state index in [9.17, 15) is 9.59 Å². The van der Waals surface area contributed by atoms with Gasteiger partial charge >= 0.3 is 0 Å². The summed E-state index contributed by atoms with van der Waals surface area (Å²) >= 11 is 0. The Kier molecular flexibility index (Phi) is 7.67. The Morgan fingerprint density at radius 2 is 0.733 bits per heavy atom. The quantitative estimate of drug-likeness (QED) is 0.445. The van der Waals surface area contributed by atoms with Gasteiger partial charge in [0.2, 0.25) is 12.2 Å². The highest BCUT2D eigenvalue weighted by Crippen LogP contribution is 2.32. The maximum atomic E-state index is 10.8. The second-order valence-corrected chi connectivity index (χ2v) is 8.23. The molecule has 0 aromatic heterocycles. The minimum absolute atomic E-state index is 0.361. The third-order valence-corrected chi connectivity index (χ3v) is 7.14. The lowest BCUT2D eigenvalue weighted by atomic mass is 9.83. The number of rotatable bonds is 7. The highest BCUT2D eigenvalue weighted by atomic mass is 16.1. The van der Waals surface area contributed by atoms with Gasteiger partial charge in [-0.1, -0.05) is 0 Å². The van der Waals surface area contributed by atoms with Crippen LogP contribution < -0.4 is 0 Å². The molecule has 0 amide bonds. The Bertz CT molecular complexity index is 996. The van der Waals surface area contributed by atoms with Crippen molar-refractivity contribution in [2.24, 2.45) is 9.98 Å². The summed E-state index contributed by atoms with van der Waals surface area (Å²) in [4.78, 5) is 29.3. The normalized spacial score (nSPS) is 10.5. The molecule has 0 aliphatic rings. The Hall–Kier alpha value is -2.80. The molecule has 0 unspecified atom stereocenters. The van der Waals surface area contributed by atoms with Crippen molar-refractivity contribution in [1.82, 2.24) is 0 Å². The van der Waals surface area contributed by atoms with Crippen LogP contribution in [0.25, 0.3) is 0 Å². The van der Waals surface area contributed by atoms with Gasteiger partial charge in [-0.2, -0.15) is 0 Å². The van der Waals surface area contributed by atoms with Crippen LogP contribution in [0.15, 0.2) is 9.98 Å². The van der Waals surface area contributed by atoms with Crippen molar-refractivity contribution in [3.63, 3.8) is 0 Å². The summed E-state index contributed by atoms with van der Waals surface area (Å²) in [5.74, 6) is 0. The van der Waals surface area contributed by atoms with Gasteiger partial charge in [-0.05, 0) is 135 Å². The van der Waals surface area contributed by atoms with Gasteiger partial charge in [-0.3, -0.25) is 0 Å². The molecule has 0 heterocycles. The molecular formula is C26H32N2O2. The molecule has 30 heavy (non-hydrogen) atoms. The summed E-state index contributed by atoms with van der Waals surface area (Å²) < 4.78 is 0. The first-order valence-corrected chi connectivity index (χ1v) is 10.4. The molecule has 4 nitrogen and oxygen atoms in total. The van der Waals surface area contributed by atoms with Gasteiger partial charge in [0.15, 0.2) is 0 Å². The average Bonchev–Trinajstić information content (AvgIpc) is 2.74. The van der Waals surface area contributed by atoms with Crippen molar-refractivity contribution in [2.45, 2.75) is 81.3 Å². The summed E-state index contributed by atoms with van der Waals surface area (Å²) in [5.41, 5.74) is 14.8. The van der Waals surface area contributed by atoms with Crippen molar-refractivity contribution >= 4 is 12.2 Å². The lowest BCUT2D eigenvalue weighted by Crippen LogP contribution is -2.10. The van der Waals surface area contributed by atoms with Crippen molar-refractivity contribution < 1.29 is 9.59 Å². The molecule has 0 atom stereocenters. The van der Waals surface area contributed by atoms with Crippen LogP contribution in [0.4, 0.5) is 0 Å². The molecule has 0 spiro atoms. The maximum absolute atomic E-state index is 10.8. The van der Waals surface area contributed by atoms with Crippen LogP contribution in [-0.4, -0.2) is 12.2 Å². The van der Waals surface area contributed by atoms with Crippen LogP contribution in [0.5, 0.6) is 0 Å². The first-order chi connectivity index (χ1) is 14.2. The summed E-state index contributed by atoms with van der Waals surface area (Å²) in [7, 11) is 0. The molecule has 0 saturated heterocycles. The topological polar surface area (TPSA) is 58.9 Å². The van der Waals surface area contributed by atoms with Gasteiger partial charge < -0.3 is 0 Å². The largest absolute Gasteiger partial charge is 0.235 e. The van der Waals surface area contributed by atoms with E-state index in [-0.39, 0.29) is 0 Å². The maximum Gasteiger partial charge on any atom is 0.235 e. The van der Waals surface area contributed by atoms with Gasteiger partial charge in [0.05, 0.1) is 13.1 Å². The van der Waals surface area contributed by atoms with E-state index in [0.29, 0.717) is 13.1 Å². The second kappa shape index (κ2) is 9.80. The molecule has 158 valence electrons. The zero-order valence-electron chi connectivity index (χ0n) is 19.5. The van der Waals surface area contributed by atoms with Crippen LogP contribution >= 0.6 is 0 Å². The molecule has 0 radical (unpaired) electrons. The number of hydrogen-bond donors (Lipinski definition) is 0. The zero-order valence-corrected chi connectivity index (χ0v) is 19.5. The van der Waals surface area contributed by atoms with E-state index in [2.05, 4.69) is 65.4 Å². The van der Waals surface area contributed by atoms with Crippen molar-refractivity contribution in [3.05, 3.63) is 66.8 Å². The molecule has 2 aromatic rings. The van der Waals surface area contributed by atoms with Crippen LogP contribution in [0.3, 0.4) is 0 Å². The van der Waals surface area contributed by atoms with E-state index in [1.54, 1.807) is 12.2 Å². The third-order valence-electron chi connectivity index (χ3n) is 7.14. The molecule has 0 saturated carbocycles. The van der Waals surface area contributed by atoms with Crippen LogP contribution in [-0.2, 0) is 35.5 Å². The fraction of sp³-hybridized carbons (Fsp3) is 0.462. The van der Waals surface area contributed by atoms with Gasteiger partial charge in [-0.25, -0.2) is 19.6 Å². The average molecular weight is 405 g/mol. The number of carbonyl (C=O) groups excluding carboxylic acids is 2. The first-order valence-electron chi connectivity index (χ1n) is 10.4. The first kappa shape index (κ1) is 23.5. The smallest absolute Gasteiger partial charge is 0.211 e.